The van der Waals surface area contributed by atoms with Crippen molar-refractivity contribution in [2.24, 2.45) is 0 Å². The van der Waals surface area contributed by atoms with Crippen molar-refractivity contribution in [1.82, 2.24) is 4.72 Å². The van der Waals surface area contributed by atoms with Crippen LogP contribution in [0, 0.1) is 10.1 Å². The highest BCUT2D eigenvalue weighted by molar-refractivity contribution is 7.89. The van der Waals surface area contributed by atoms with Crippen molar-refractivity contribution in [2.45, 2.75) is 18.2 Å². The van der Waals surface area contributed by atoms with Gasteiger partial charge in [0.25, 0.3) is 11.6 Å². The predicted octanol–water partition coefficient (Wildman–Crippen LogP) is 3.19. The van der Waals surface area contributed by atoms with Crippen LogP contribution in [0.15, 0.2) is 47.4 Å². The summed E-state index contributed by atoms with van der Waals surface area (Å²) in [6.45, 7) is 2.18. The van der Waals surface area contributed by atoms with Crippen molar-refractivity contribution in [3.05, 3.63) is 63.2 Å². The number of hydrogen-bond donors (Lipinski definition) is 2. The van der Waals surface area contributed by atoms with Gasteiger partial charge in [0.1, 0.15) is 5.02 Å². The average Bonchev–Trinajstić information content (AvgIpc) is 2.60. The summed E-state index contributed by atoms with van der Waals surface area (Å²) in [5.74, 6) is -0.579. The van der Waals surface area contributed by atoms with Gasteiger partial charge in [-0.2, -0.15) is 0 Å². The van der Waals surface area contributed by atoms with Gasteiger partial charge < -0.3 is 5.32 Å². The maximum atomic E-state index is 12.2. The third-order valence-corrected chi connectivity index (χ3v) is 5.17. The third kappa shape index (κ3) is 4.78. The summed E-state index contributed by atoms with van der Waals surface area (Å²) in [5, 5.41) is 13.4. The number of nitro benzene ring substituents is 1. The molecule has 0 fully saturated rings. The van der Waals surface area contributed by atoms with Gasteiger partial charge in [0, 0.05) is 23.9 Å². The Labute approximate surface area is 155 Å². The highest BCUT2D eigenvalue weighted by Gasteiger charge is 2.17. The Hall–Kier alpha value is -2.49. The zero-order valence-electron chi connectivity index (χ0n) is 13.7. The number of carbonyl (C=O) groups is 1. The first-order valence-electron chi connectivity index (χ1n) is 7.59. The van der Waals surface area contributed by atoms with Crippen molar-refractivity contribution >= 4 is 38.9 Å². The molecule has 0 spiro atoms. The minimum atomic E-state index is -3.59. The molecule has 8 nitrogen and oxygen atoms in total. The SMILES string of the molecule is CCCNS(=O)(=O)c1ccc(NC(=O)c2ccc(Cl)c([N+](=O)[O-])c2)cc1. The highest BCUT2D eigenvalue weighted by Crippen LogP contribution is 2.25. The average molecular weight is 398 g/mol. The zero-order valence-corrected chi connectivity index (χ0v) is 15.3. The minimum Gasteiger partial charge on any atom is -0.322 e. The normalized spacial score (nSPS) is 11.2. The number of hydrogen-bond acceptors (Lipinski definition) is 5. The van der Waals surface area contributed by atoms with Crippen LogP contribution in [-0.2, 0) is 10.0 Å². The molecule has 138 valence electrons. The molecule has 0 aromatic heterocycles. The van der Waals surface area contributed by atoms with Crippen LogP contribution in [0.1, 0.15) is 23.7 Å². The molecule has 0 aliphatic rings. The first kappa shape index (κ1) is 19.8. The van der Waals surface area contributed by atoms with Gasteiger partial charge in [-0.05, 0) is 42.8 Å². The van der Waals surface area contributed by atoms with Gasteiger partial charge in [0.15, 0.2) is 0 Å². The summed E-state index contributed by atoms with van der Waals surface area (Å²) in [6.07, 6.45) is 0.667. The Balaban J connectivity index is 2.15. The molecule has 0 radical (unpaired) electrons. The van der Waals surface area contributed by atoms with Crippen LogP contribution in [0.25, 0.3) is 0 Å². The lowest BCUT2D eigenvalue weighted by Gasteiger charge is -2.08. The lowest BCUT2D eigenvalue weighted by Crippen LogP contribution is -2.24. The summed E-state index contributed by atoms with van der Waals surface area (Å²) < 4.78 is 26.5. The maximum absolute atomic E-state index is 12.2. The highest BCUT2D eigenvalue weighted by atomic mass is 35.5. The molecule has 0 aliphatic carbocycles. The van der Waals surface area contributed by atoms with Crippen molar-refractivity contribution < 1.29 is 18.1 Å². The molecule has 0 saturated heterocycles. The number of anilines is 1. The van der Waals surface area contributed by atoms with Crippen molar-refractivity contribution in [1.29, 1.82) is 0 Å². The molecule has 0 unspecified atom stereocenters. The fraction of sp³-hybridized carbons (Fsp3) is 0.188. The van der Waals surface area contributed by atoms with E-state index in [0.29, 0.717) is 18.7 Å². The molecule has 2 aromatic carbocycles. The molecule has 0 atom stereocenters. The molecular formula is C16H16ClN3O5S. The van der Waals surface area contributed by atoms with Crippen LogP contribution in [0.4, 0.5) is 11.4 Å². The van der Waals surface area contributed by atoms with E-state index in [9.17, 15) is 23.3 Å². The van der Waals surface area contributed by atoms with E-state index in [-0.39, 0.29) is 21.2 Å². The van der Waals surface area contributed by atoms with Crippen LogP contribution in [0.5, 0.6) is 0 Å². The van der Waals surface area contributed by atoms with E-state index in [2.05, 4.69) is 10.0 Å². The van der Waals surface area contributed by atoms with E-state index in [1.165, 1.54) is 36.4 Å². The lowest BCUT2D eigenvalue weighted by atomic mass is 10.2. The van der Waals surface area contributed by atoms with Crippen molar-refractivity contribution in [2.75, 3.05) is 11.9 Å². The number of nitrogens with zero attached hydrogens (tertiary/aromatic N) is 1. The van der Waals surface area contributed by atoms with Gasteiger partial charge in [-0.1, -0.05) is 18.5 Å². The Kier molecular flexibility index (Phi) is 6.30. The topological polar surface area (TPSA) is 118 Å². The number of rotatable bonds is 7. The molecule has 2 rings (SSSR count). The number of benzene rings is 2. The molecule has 10 heteroatoms. The van der Waals surface area contributed by atoms with E-state index < -0.39 is 20.9 Å². The summed E-state index contributed by atoms with van der Waals surface area (Å²) in [7, 11) is -3.59. The number of carbonyl (C=O) groups excluding carboxylic acids is 1. The van der Waals surface area contributed by atoms with Crippen molar-refractivity contribution in [3.8, 4) is 0 Å². The molecule has 1 amide bonds. The van der Waals surface area contributed by atoms with Crippen LogP contribution in [-0.4, -0.2) is 25.8 Å². The van der Waals surface area contributed by atoms with Crippen LogP contribution >= 0.6 is 11.6 Å². The molecule has 26 heavy (non-hydrogen) atoms. The summed E-state index contributed by atoms with van der Waals surface area (Å²) in [4.78, 5) is 22.5. The molecule has 0 saturated carbocycles. The molecule has 0 bridgehead atoms. The van der Waals surface area contributed by atoms with Gasteiger partial charge in [0.05, 0.1) is 9.82 Å². The zero-order chi connectivity index (χ0) is 19.3. The van der Waals surface area contributed by atoms with Crippen molar-refractivity contribution in [3.63, 3.8) is 0 Å². The molecule has 0 aliphatic heterocycles. The lowest BCUT2D eigenvalue weighted by molar-refractivity contribution is -0.384. The second-order valence-corrected chi connectivity index (χ2v) is 7.47. The summed E-state index contributed by atoms with van der Waals surface area (Å²) in [5.41, 5.74) is 0.0345. The molecule has 2 aromatic rings. The number of nitrogens with one attached hydrogen (secondary N) is 2. The van der Waals surface area contributed by atoms with E-state index in [0.717, 1.165) is 6.07 Å². The third-order valence-electron chi connectivity index (χ3n) is 3.37. The summed E-state index contributed by atoms with van der Waals surface area (Å²) in [6, 6.07) is 9.29. The Morgan fingerprint density at radius 2 is 1.85 bits per heavy atom. The van der Waals surface area contributed by atoms with E-state index in [1.54, 1.807) is 0 Å². The number of halogens is 1. The van der Waals surface area contributed by atoms with Gasteiger partial charge in [-0.25, -0.2) is 13.1 Å². The largest absolute Gasteiger partial charge is 0.322 e. The fourth-order valence-corrected chi connectivity index (χ4v) is 3.35. The predicted molar refractivity (Wildman–Crippen MR) is 98.0 cm³/mol. The molecule has 2 N–H and O–H groups in total. The maximum Gasteiger partial charge on any atom is 0.288 e. The number of nitro groups is 1. The Bertz CT molecular complexity index is 929. The molecule has 0 heterocycles. The van der Waals surface area contributed by atoms with Gasteiger partial charge in [-0.15, -0.1) is 0 Å². The number of sulfonamides is 1. The first-order valence-corrected chi connectivity index (χ1v) is 9.45. The first-order chi connectivity index (χ1) is 12.2. The smallest absolute Gasteiger partial charge is 0.288 e. The Morgan fingerprint density at radius 3 is 2.42 bits per heavy atom. The minimum absolute atomic E-state index is 0.0578. The van der Waals surface area contributed by atoms with E-state index >= 15 is 0 Å². The summed E-state index contributed by atoms with van der Waals surface area (Å²) >= 11 is 5.72. The second kappa shape index (κ2) is 8.26. The van der Waals surface area contributed by atoms with Crippen LogP contribution in [0.3, 0.4) is 0 Å². The number of amides is 1. The van der Waals surface area contributed by atoms with Crippen LogP contribution < -0.4 is 10.0 Å². The Morgan fingerprint density at radius 1 is 1.19 bits per heavy atom. The fourth-order valence-electron chi connectivity index (χ4n) is 2.03. The quantitative estimate of drug-likeness (QED) is 0.549. The van der Waals surface area contributed by atoms with Gasteiger partial charge in [0.2, 0.25) is 10.0 Å². The standard InChI is InChI=1S/C16H16ClN3O5S/c1-2-9-18-26(24,25)13-6-4-12(5-7-13)19-16(21)11-3-8-14(17)15(10-11)20(22)23/h3-8,10,18H,2,9H2,1H3,(H,19,21). The van der Waals surface area contributed by atoms with Gasteiger partial charge >= 0.3 is 0 Å². The van der Waals surface area contributed by atoms with E-state index in [4.69, 9.17) is 11.6 Å². The second-order valence-electron chi connectivity index (χ2n) is 5.30. The monoisotopic (exact) mass is 397 g/mol. The van der Waals surface area contributed by atoms with Crippen LogP contribution in [0.2, 0.25) is 5.02 Å². The van der Waals surface area contributed by atoms with E-state index in [1.807, 2.05) is 6.92 Å². The molecular weight excluding hydrogens is 382 g/mol. The van der Waals surface area contributed by atoms with Gasteiger partial charge in [-0.3, -0.25) is 14.9 Å².